The fourth-order valence-corrected chi connectivity index (χ4v) is 5.36. The van der Waals surface area contributed by atoms with Crippen LogP contribution in [0.5, 0.6) is 5.75 Å². The molecule has 6 heteroatoms. The van der Waals surface area contributed by atoms with Gasteiger partial charge in [0.15, 0.2) is 0 Å². The van der Waals surface area contributed by atoms with Crippen LogP contribution in [-0.2, 0) is 0 Å². The van der Waals surface area contributed by atoms with Crippen molar-refractivity contribution in [3.8, 4) is 17.6 Å². The van der Waals surface area contributed by atoms with Gasteiger partial charge < -0.3 is 19.9 Å². The summed E-state index contributed by atoms with van der Waals surface area (Å²) in [6.45, 7) is 4.53. The Hall–Kier alpha value is -3.69. The Morgan fingerprint density at radius 1 is 1.03 bits per heavy atom. The quantitative estimate of drug-likeness (QED) is 0.654. The molecule has 186 valence electrons. The number of allylic oxidation sites excluding steroid dienone is 3. The van der Waals surface area contributed by atoms with Gasteiger partial charge in [-0.2, -0.15) is 0 Å². The number of methoxy groups -OCH3 is 1. The Bertz CT molecular complexity index is 1190. The largest absolute Gasteiger partial charge is 0.497 e. The van der Waals surface area contributed by atoms with E-state index >= 15 is 0 Å². The van der Waals surface area contributed by atoms with Gasteiger partial charge in [0.25, 0.3) is 0 Å². The smallest absolute Gasteiger partial charge is 0.321 e. The summed E-state index contributed by atoms with van der Waals surface area (Å²) in [5, 5.41) is 3.06. The van der Waals surface area contributed by atoms with Crippen molar-refractivity contribution in [1.82, 2.24) is 14.7 Å². The molecule has 2 amide bonds. The predicted octanol–water partition coefficient (Wildman–Crippen LogP) is 4.53. The number of carbonyl (C=O) groups excluding carboxylic acids is 1. The first-order valence-corrected chi connectivity index (χ1v) is 12.7. The molecule has 3 aliphatic rings. The molecule has 0 aliphatic carbocycles. The molecule has 0 bridgehead atoms. The van der Waals surface area contributed by atoms with Gasteiger partial charge in [0.1, 0.15) is 5.75 Å². The third-order valence-corrected chi connectivity index (χ3v) is 7.42. The van der Waals surface area contributed by atoms with Crippen LogP contribution in [0.3, 0.4) is 0 Å². The number of carbonyl (C=O) groups is 1. The molecule has 3 aliphatic heterocycles. The minimum absolute atomic E-state index is 0.0323. The van der Waals surface area contributed by atoms with E-state index in [4.69, 9.17) is 4.74 Å². The van der Waals surface area contributed by atoms with Gasteiger partial charge in [-0.1, -0.05) is 30.2 Å². The normalized spacial score (nSPS) is 21.7. The lowest BCUT2D eigenvalue weighted by Gasteiger charge is -2.30. The number of nitrogens with zero attached hydrogens (tertiary/aromatic N) is 3. The van der Waals surface area contributed by atoms with Crippen LogP contribution in [0.25, 0.3) is 0 Å². The first-order chi connectivity index (χ1) is 17.6. The van der Waals surface area contributed by atoms with Gasteiger partial charge in [0.05, 0.1) is 12.8 Å². The van der Waals surface area contributed by atoms with E-state index in [0.717, 1.165) is 68.3 Å². The van der Waals surface area contributed by atoms with Crippen LogP contribution in [-0.4, -0.2) is 73.7 Å². The fourth-order valence-electron chi connectivity index (χ4n) is 5.36. The Morgan fingerprint density at radius 3 is 2.58 bits per heavy atom. The van der Waals surface area contributed by atoms with E-state index < -0.39 is 0 Å². The number of amides is 2. The average molecular weight is 483 g/mol. The van der Waals surface area contributed by atoms with Crippen molar-refractivity contribution in [2.75, 3.05) is 52.2 Å². The second kappa shape index (κ2) is 10.9. The lowest BCUT2D eigenvalue weighted by atomic mass is 9.91. The number of hydrogen-bond donors (Lipinski definition) is 1. The zero-order chi connectivity index (χ0) is 24.9. The molecular formula is C30H34N4O2. The molecular weight excluding hydrogens is 448 g/mol. The van der Waals surface area contributed by atoms with E-state index in [2.05, 4.69) is 76.5 Å². The summed E-state index contributed by atoms with van der Waals surface area (Å²) in [6, 6.07) is 16.5. The number of nitrogens with one attached hydrogen (secondary N) is 1. The number of likely N-dealkylation sites (N-methyl/N-ethyl adjacent to an activating group) is 1. The number of fused-ring (bicyclic) bond motifs is 1. The summed E-state index contributed by atoms with van der Waals surface area (Å²) < 4.78 is 5.22. The summed E-state index contributed by atoms with van der Waals surface area (Å²) in [5.74, 6) is 7.80. The standard InChI is InChI=1S/C30H34N4O2/c1-32-18-4-3-6-26(32)14-9-23-7-10-24(11-8-23)28-17-21-33-19-5-20-34(22-29(28)33)30(35)31-25-12-15-27(36-2)16-13-25/h3-4,6-8,10-13,15-16,28-29H,5,17-22H2,1-2H3,(H,31,35)/t28-,29+/m1/s1. The van der Waals surface area contributed by atoms with Gasteiger partial charge in [-0.3, -0.25) is 4.90 Å². The zero-order valence-electron chi connectivity index (χ0n) is 21.1. The Balaban J connectivity index is 1.26. The van der Waals surface area contributed by atoms with Crippen molar-refractivity contribution < 1.29 is 9.53 Å². The Morgan fingerprint density at radius 2 is 1.83 bits per heavy atom. The number of benzene rings is 2. The summed E-state index contributed by atoms with van der Waals surface area (Å²) >= 11 is 0. The van der Waals surface area contributed by atoms with Crippen molar-refractivity contribution in [3.05, 3.63) is 83.6 Å². The number of anilines is 1. The van der Waals surface area contributed by atoms with Crippen molar-refractivity contribution >= 4 is 11.7 Å². The van der Waals surface area contributed by atoms with E-state index in [1.807, 2.05) is 29.2 Å². The highest BCUT2D eigenvalue weighted by molar-refractivity contribution is 5.89. The summed E-state index contributed by atoms with van der Waals surface area (Å²) in [7, 11) is 3.70. The second-order valence-electron chi connectivity index (χ2n) is 9.69. The highest BCUT2D eigenvalue weighted by Gasteiger charge is 2.38. The van der Waals surface area contributed by atoms with Gasteiger partial charge in [0.2, 0.25) is 0 Å². The monoisotopic (exact) mass is 482 g/mol. The van der Waals surface area contributed by atoms with Gasteiger partial charge in [0, 0.05) is 56.4 Å². The molecule has 0 radical (unpaired) electrons. The van der Waals surface area contributed by atoms with E-state index in [-0.39, 0.29) is 6.03 Å². The molecule has 6 nitrogen and oxygen atoms in total. The molecule has 1 N–H and O–H groups in total. The Kier molecular flexibility index (Phi) is 7.29. The molecule has 2 atom stereocenters. The van der Waals surface area contributed by atoms with Crippen molar-refractivity contribution in [2.24, 2.45) is 0 Å². The van der Waals surface area contributed by atoms with Crippen LogP contribution in [0.15, 0.2) is 72.5 Å². The maximum absolute atomic E-state index is 13.1. The molecule has 2 aromatic rings. The molecule has 36 heavy (non-hydrogen) atoms. The highest BCUT2D eigenvalue weighted by atomic mass is 16.5. The third-order valence-electron chi connectivity index (χ3n) is 7.42. The molecule has 0 spiro atoms. The maximum atomic E-state index is 13.1. The third kappa shape index (κ3) is 5.42. The van der Waals surface area contributed by atoms with Crippen molar-refractivity contribution in [1.29, 1.82) is 0 Å². The first-order valence-electron chi connectivity index (χ1n) is 12.7. The molecule has 3 heterocycles. The van der Waals surface area contributed by atoms with E-state index in [0.29, 0.717) is 12.0 Å². The molecule has 0 saturated carbocycles. The summed E-state index contributed by atoms with van der Waals surface area (Å²) in [5.41, 5.74) is 4.19. The van der Waals surface area contributed by atoms with Gasteiger partial charge in [-0.25, -0.2) is 4.79 Å². The van der Waals surface area contributed by atoms with Crippen LogP contribution >= 0.6 is 0 Å². The zero-order valence-corrected chi connectivity index (χ0v) is 21.1. The summed E-state index contributed by atoms with van der Waals surface area (Å²) in [6.07, 6.45) is 8.36. The van der Waals surface area contributed by atoms with Gasteiger partial charge in [-0.15, -0.1) is 0 Å². The molecule has 2 aromatic carbocycles. The van der Waals surface area contributed by atoms with Crippen LogP contribution in [0, 0.1) is 11.8 Å². The predicted molar refractivity (Wildman–Crippen MR) is 144 cm³/mol. The highest BCUT2D eigenvalue weighted by Crippen LogP contribution is 2.35. The number of urea groups is 1. The topological polar surface area (TPSA) is 48.1 Å². The fraction of sp³-hybridized carbons (Fsp3) is 0.367. The van der Waals surface area contributed by atoms with Crippen LogP contribution in [0.4, 0.5) is 10.5 Å². The van der Waals surface area contributed by atoms with E-state index in [1.54, 1.807) is 7.11 Å². The number of hydrogen-bond acceptors (Lipinski definition) is 4. The van der Waals surface area contributed by atoms with Crippen LogP contribution in [0.2, 0.25) is 0 Å². The van der Waals surface area contributed by atoms with Gasteiger partial charge in [-0.05, 0) is 73.3 Å². The lowest BCUT2D eigenvalue weighted by molar-refractivity contribution is 0.197. The number of ether oxygens (including phenoxy) is 1. The minimum Gasteiger partial charge on any atom is -0.497 e. The van der Waals surface area contributed by atoms with Gasteiger partial charge >= 0.3 is 6.03 Å². The van der Waals surface area contributed by atoms with E-state index in [9.17, 15) is 4.79 Å². The molecule has 2 fully saturated rings. The van der Waals surface area contributed by atoms with Crippen molar-refractivity contribution in [3.63, 3.8) is 0 Å². The van der Waals surface area contributed by atoms with Crippen molar-refractivity contribution in [2.45, 2.75) is 24.8 Å². The average Bonchev–Trinajstić information content (AvgIpc) is 3.18. The first kappa shape index (κ1) is 24.0. The minimum atomic E-state index is -0.0323. The molecule has 0 aromatic heterocycles. The summed E-state index contributed by atoms with van der Waals surface area (Å²) in [4.78, 5) is 19.8. The SMILES string of the molecule is COc1ccc(NC(=O)N2CCCN3CC[C@H](c4ccc(C#CC5=CC=CCN5C)cc4)[C@@H]3C2)cc1. The lowest BCUT2D eigenvalue weighted by Crippen LogP contribution is -2.43. The van der Waals surface area contributed by atoms with Crippen LogP contribution < -0.4 is 10.1 Å². The van der Waals surface area contributed by atoms with Crippen LogP contribution in [0.1, 0.15) is 29.9 Å². The second-order valence-corrected chi connectivity index (χ2v) is 9.69. The molecule has 0 unspecified atom stereocenters. The molecule has 5 rings (SSSR count). The number of rotatable bonds is 3. The Labute approximate surface area is 214 Å². The maximum Gasteiger partial charge on any atom is 0.321 e. The molecule has 2 saturated heterocycles. The van der Waals surface area contributed by atoms with E-state index in [1.165, 1.54) is 5.56 Å².